The molecule has 176 valence electrons. The number of anilines is 2. The van der Waals surface area contributed by atoms with Crippen molar-refractivity contribution in [1.29, 1.82) is 0 Å². The quantitative estimate of drug-likeness (QED) is 0.329. The van der Waals surface area contributed by atoms with Crippen LogP contribution >= 0.6 is 0 Å². The third-order valence-corrected chi connectivity index (χ3v) is 4.96. The second-order valence-corrected chi connectivity index (χ2v) is 8.69. The Labute approximate surface area is 197 Å². The molecule has 8 nitrogen and oxygen atoms in total. The van der Waals surface area contributed by atoms with Crippen molar-refractivity contribution in [3.05, 3.63) is 84.6 Å². The number of benzene rings is 2. The Kier molecular flexibility index (Phi) is 6.74. The summed E-state index contributed by atoms with van der Waals surface area (Å²) in [6.07, 6.45) is 3.33. The maximum Gasteiger partial charge on any atom is 0.232 e. The van der Waals surface area contributed by atoms with E-state index in [1.54, 1.807) is 12.1 Å². The highest BCUT2D eigenvalue weighted by Crippen LogP contribution is 2.27. The van der Waals surface area contributed by atoms with Crippen molar-refractivity contribution in [3.63, 3.8) is 0 Å². The number of nitrogens with zero attached hydrogens (tertiary/aromatic N) is 4. The van der Waals surface area contributed by atoms with Gasteiger partial charge in [0.15, 0.2) is 0 Å². The monoisotopic (exact) mass is 462 g/mol. The summed E-state index contributed by atoms with van der Waals surface area (Å²) < 4.78 is 21.6. The van der Waals surface area contributed by atoms with Crippen LogP contribution in [0.4, 0.5) is 15.9 Å². The number of rotatable bonds is 8. The van der Waals surface area contributed by atoms with E-state index in [9.17, 15) is 9.50 Å². The highest BCUT2D eigenvalue weighted by atomic mass is 19.1. The van der Waals surface area contributed by atoms with E-state index in [-0.39, 0.29) is 12.1 Å². The summed E-state index contributed by atoms with van der Waals surface area (Å²) in [5.74, 6) is 0.515. The van der Waals surface area contributed by atoms with E-state index < -0.39 is 12.2 Å². The SMILES string of the molecule is CC(C)(C)n1nc(-c2ccccc2)cc1NC(O)Nc1ccc(F)c(COc2cnccn2)c1. The first-order valence-corrected chi connectivity index (χ1v) is 10.8. The molecule has 1 unspecified atom stereocenters. The van der Waals surface area contributed by atoms with Crippen molar-refractivity contribution >= 4 is 11.5 Å². The fraction of sp³-hybridized carbons (Fsp3) is 0.240. The summed E-state index contributed by atoms with van der Waals surface area (Å²) >= 11 is 0. The molecule has 2 aromatic carbocycles. The molecule has 0 amide bonds. The molecule has 0 saturated carbocycles. The van der Waals surface area contributed by atoms with Crippen LogP contribution in [-0.4, -0.2) is 31.2 Å². The molecule has 34 heavy (non-hydrogen) atoms. The minimum atomic E-state index is -1.15. The minimum Gasteiger partial charge on any atom is -0.472 e. The number of aliphatic hydroxyl groups excluding tert-OH is 1. The smallest absolute Gasteiger partial charge is 0.232 e. The van der Waals surface area contributed by atoms with Crippen LogP contribution in [0, 0.1) is 5.82 Å². The van der Waals surface area contributed by atoms with E-state index in [2.05, 4.69) is 20.6 Å². The van der Waals surface area contributed by atoms with E-state index in [0.717, 1.165) is 11.3 Å². The molecule has 0 aliphatic rings. The van der Waals surface area contributed by atoms with E-state index >= 15 is 0 Å². The Morgan fingerprint density at radius 2 is 1.85 bits per heavy atom. The van der Waals surface area contributed by atoms with Gasteiger partial charge in [-0.05, 0) is 39.0 Å². The van der Waals surface area contributed by atoms with Crippen LogP contribution in [0.15, 0.2) is 73.2 Å². The fourth-order valence-corrected chi connectivity index (χ4v) is 3.37. The van der Waals surface area contributed by atoms with E-state index in [4.69, 9.17) is 9.84 Å². The van der Waals surface area contributed by atoms with Crippen LogP contribution < -0.4 is 15.4 Å². The van der Waals surface area contributed by atoms with Gasteiger partial charge in [0.05, 0.1) is 17.4 Å². The summed E-state index contributed by atoms with van der Waals surface area (Å²) in [4.78, 5) is 7.93. The average molecular weight is 463 g/mol. The Bertz CT molecular complexity index is 1230. The normalized spacial score (nSPS) is 12.3. The molecule has 9 heteroatoms. The lowest BCUT2D eigenvalue weighted by atomic mass is 10.1. The van der Waals surface area contributed by atoms with Crippen LogP contribution in [-0.2, 0) is 12.1 Å². The van der Waals surface area contributed by atoms with Gasteiger partial charge in [0.2, 0.25) is 12.2 Å². The molecule has 4 rings (SSSR count). The number of aliphatic hydroxyl groups is 1. The maximum absolute atomic E-state index is 14.3. The van der Waals surface area contributed by atoms with Crippen LogP contribution in [0.25, 0.3) is 11.3 Å². The Balaban J connectivity index is 1.48. The van der Waals surface area contributed by atoms with Crippen molar-refractivity contribution in [1.82, 2.24) is 19.7 Å². The van der Waals surface area contributed by atoms with Crippen molar-refractivity contribution < 1.29 is 14.2 Å². The number of nitrogens with one attached hydrogen (secondary N) is 2. The Morgan fingerprint density at radius 1 is 1.06 bits per heavy atom. The summed E-state index contributed by atoms with van der Waals surface area (Å²) in [5.41, 5.74) is 2.27. The first-order chi connectivity index (χ1) is 16.3. The maximum atomic E-state index is 14.3. The lowest BCUT2D eigenvalue weighted by Gasteiger charge is -2.24. The van der Waals surface area contributed by atoms with Gasteiger partial charge >= 0.3 is 0 Å². The topological polar surface area (TPSA) is 97.1 Å². The minimum absolute atomic E-state index is 0.0270. The largest absolute Gasteiger partial charge is 0.472 e. The zero-order valence-electron chi connectivity index (χ0n) is 19.2. The number of ether oxygens (including phenoxy) is 1. The molecule has 0 aliphatic heterocycles. The molecular weight excluding hydrogens is 435 g/mol. The molecule has 0 bridgehead atoms. The third-order valence-electron chi connectivity index (χ3n) is 4.96. The zero-order valence-corrected chi connectivity index (χ0v) is 19.2. The van der Waals surface area contributed by atoms with E-state index in [1.807, 2.05) is 61.9 Å². The highest BCUT2D eigenvalue weighted by Gasteiger charge is 2.21. The summed E-state index contributed by atoms with van der Waals surface area (Å²) in [6.45, 7) is 6.07. The lowest BCUT2D eigenvalue weighted by Crippen LogP contribution is -2.32. The van der Waals surface area contributed by atoms with Crippen LogP contribution in [0.5, 0.6) is 5.88 Å². The van der Waals surface area contributed by atoms with Crippen molar-refractivity contribution in [3.8, 4) is 17.1 Å². The van der Waals surface area contributed by atoms with Crippen molar-refractivity contribution in [2.24, 2.45) is 0 Å². The van der Waals surface area contributed by atoms with E-state index in [0.29, 0.717) is 22.9 Å². The number of hydrogen-bond acceptors (Lipinski definition) is 7. The summed E-state index contributed by atoms with van der Waals surface area (Å²) in [7, 11) is 0. The van der Waals surface area contributed by atoms with Crippen molar-refractivity contribution in [2.75, 3.05) is 10.6 Å². The second-order valence-electron chi connectivity index (χ2n) is 8.69. The molecule has 2 aromatic heterocycles. The molecule has 4 aromatic rings. The van der Waals surface area contributed by atoms with Crippen LogP contribution in [0.2, 0.25) is 0 Å². The highest BCUT2D eigenvalue weighted by molar-refractivity contribution is 5.63. The summed E-state index contributed by atoms with van der Waals surface area (Å²) in [6, 6.07) is 16.1. The van der Waals surface area contributed by atoms with Gasteiger partial charge in [-0.2, -0.15) is 5.10 Å². The standard InChI is InChI=1S/C25H27FN6O2/c1-25(2,3)32-22(14-21(31-32)17-7-5-4-6-8-17)30-24(33)29-19-9-10-20(26)18(13-19)16-34-23-15-27-11-12-28-23/h4-15,24,29-30,33H,16H2,1-3H3. The Morgan fingerprint density at radius 3 is 2.56 bits per heavy atom. The molecule has 0 spiro atoms. The van der Waals surface area contributed by atoms with Gasteiger partial charge in [-0.15, -0.1) is 0 Å². The zero-order chi connectivity index (χ0) is 24.1. The molecule has 0 saturated heterocycles. The van der Waals surface area contributed by atoms with Crippen LogP contribution in [0.3, 0.4) is 0 Å². The molecule has 1 atom stereocenters. The predicted molar refractivity (Wildman–Crippen MR) is 129 cm³/mol. The number of hydrogen-bond donors (Lipinski definition) is 3. The van der Waals surface area contributed by atoms with Gasteiger partial charge in [0, 0.05) is 35.3 Å². The molecule has 3 N–H and O–H groups in total. The second kappa shape index (κ2) is 9.88. The average Bonchev–Trinajstić information content (AvgIpc) is 3.25. The molecule has 0 fully saturated rings. The van der Waals surface area contributed by atoms with Gasteiger partial charge in [0.25, 0.3) is 0 Å². The first kappa shape index (κ1) is 23.2. The molecule has 2 heterocycles. The van der Waals surface area contributed by atoms with Crippen molar-refractivity contribution in [2.45, 2.75) is 39.3 Å². The van der Waals surface area contributed by atoms with Gasteiger partial charge in [-0.1, -0.05) is 30.3 Å². The van der Waals surface area contributed by atoms with Gasteiger partial charge in [-0.3, -0.25) is 4.98 Å². The fourth-order valence-electron chi connectivity index (χ4n) is 3.37. The number of halogens is 1. The van der Waals surface area contributed by atoms with Gasteiger partial charge < -0.3 is 20.5 Å². The van der Waals surface area contributed by atoms with E-state index in [1.165, 1.54) is 24.7 Å². The lowest BCUT2D eigenvalue weighted by molar-refractivity contribution is 0.229. The molecule has 0 radical (unpaired) electrons. The Hall–Kier alpha value is -3.98. The van der Waals surface area contributed by atoms with Gasteiger partial charge in [-0.25, -0.2) is 14.1 Å². The number of aromatic nitrogens is 4. The third kappa shape index (κ3) is 5.68. The molecular formula is C25H27FN6O2. The summed E-state index contributed by atoms with van der Waals surface area (Å²) in [5, 5.41) is 21.4. The van der Waals surface area contributed by atoms with Gasteiger partial charge in [0.1, 0.15) is 18.2 Å². The first-order valence-electron chi connectivity index (χ1n) is 10.8. The molecule has 0 aliphatic carbocycles. The van der Waals surface area contributed by atoms with Crippen LogP contribution in [0.1, 0.15) is 26.3 Å². The predicted octanol–water partition coefficient (Wildman–Crippen LogP) is 4.61.